The Morgan fingerprint density at radius 3 is 2.24 bits per heavy atom. The fourth-order valence-corrected chi connectivity index (χ4v) is 4.47. The number of hydrogen-bond donors (Lipinski definition) is 1. The summed E-state index contributed by atoms with van der Waals surface area (Å²) in [5.74, 6) is -0.143. The number of rotatable bonds is 4. The molecular formula is C18H33N5O2. The maximum absolute atomic E-state index is 12.7. The highest BCUT2D eigenvalue weighted by molar-refractivity contribution is 5.82. The number of carbonyl (C=O) groups excluding carboxylic acids is 2. The second kappa shape index (κ2) is 8.47. The normalized spacial score (nSPS) is 28.2. The Hall–Kier alpha value is -1.18. The van der Waals surface area contributed by atoms with E-state index in [1.165, 1.54) is 25.9 Å². The third-order valence-electron chi connectivity index (χ3n) is 6.15. The van der Waals surface area contributed by atoms with E-state index in [9.17, 15) is 9.59 Å². The molecule has 7 heteroatoms. The van der Waals surface area contributed by atoms with Crippen molar-refractivity contribution in [1.82, 2.24) is 19.6 Å². The van der Waals surface area contributed by atoms with Gasteiger partial charge in [-0.2, -0.15) is 0 Å². The van der Waals surface area contributed by atoms with Crippen LogP contribution in [-0.2, 0) is 9.59 Å². The Labute approximate surface area is 151 Å². The van der Waals surface area contributed by atoms with Crippen LogP contribution in [0.1, 0.15) is 32.1 Å². The molecule has 0 spiro atoms. The molecule has 3 fully saturated rings. The molecule has 0 aromatic heterocycles. The molecule has 3 saturated heterocycles. The van der Waals surface area contributed by atoms with Gasteiger partial charge in [-0.25, -0.2) is 0 Å². The van der Waals surface area contributed by atoms with Gasteiger partial charge in [-0.1, -0.05) is 6.42 Å². The van der Waals surface area contributed by atoms with Crippen LogP contribution >= 0.6 is 0 Å². The minimum absolute atomic E-state index is 0.149. The lowest BCUT2D eigenvalue weighted by Crippen LogP contribution is -2.57. The number of piperidine rings is 2. The van der Waals surface area contributed by atoms with Gasteiger partial charge >= 0.3 is 0 Å². The van der Waals surface area contributed by atoms with Crippen molar-refractivity contribution in [2.75, 3.05) is 59.4 Å². The Balaban J connectivity index is 1.45. The molecular weight excluding hydrogens is 318 g/mol. The molecule has 0 aliphatic carbocycles. The van der Waals surface area contributed by atoms with Crippen molar-refractivity contribution >= 4 is 11.8 Å². The molecule has 3 aliphatic rings. The van der Waals surface area contributed by atoms with Crippen LogP contribution in [-0.4, -0.2) is 103 Å². The zero-order valence-corrected chi connectivity index (χ0v) is 15.5. The molecule has 2 N–H and O–H groups in total. The molecule has 3 aliphatic heterocycles. The van der Waals surface area contributed by atoms with Crippen LogP contribution in [0.3, 0.4) is 0 Å². The summed E-state index contributed by atoms with van der Waals surface area (Å²) < 4.78 is 0. The van der Waals surface area contributed by atoms with Gasteiger partial charge in [0.25, 0.3) is 0 Å². The second-order valence-electron chi connectivity index (χ2n) is 7.84. The van der Waals surface area contributed by atoms with E-state index in [2.05, 4.69) is 16.8 Å². The Morgan fingerprint density at radius 2 is 1.60 bits per heavy atom. The predicted molar refractivity (Wildman–Crippen MR) is 97.1 cm³/mol. The van der Waals surface area contributed by atoms with Crippen molar-refractivity contribution in [3.63, 3.8) is 0 Å². The first-order chi connectivity index (χ1) is 12.0. The maximum Gasteiger partial charge on any atom is 0.236 e. The van der Waals surface area contributed by atoms with Crippen molar-refractivity contribution in [2.24, 2.45) is 5.73 Å². The number of likely N-dealkylation sites (tertiary alicyclic amines) is 2. The number of hydrogen-bond acceptors (Lipinski definition) is 5. The maximum atomic E-state index is 12.7. The summed E-state index contributed by atoms with van der Waals surface area (Å²) in [4.78, 5) is 33.2. The summed E-state index contributed by atoms with van der Waals surface area (Å²) in [6.45, 7) is 7.04. The number of nitrogens with zero attached hydrogens (tertiary/aromatic N) is 4. The number of carbonyl (C=O) groups is 2. The SMILES string of the molecule is CN1CCC(N2CCN(C(=O)CN3CCCCC3C(N)=O)CC2)CC1. The topological polar surface area (TPSA) is 73.1 Å². The predicted octanol–water partition coefficient (Wildman–Crippen LogP) is -0.435. The van der Waals surface area contributed by atoms with E-state index in [0.29, 0.717) is 12.6 Å². The Kier molecular flexibility index (Phi) is 6.30. The first kappa shape index (κ1) is 18.6. The van der Waals surface area contributed by atoms with E-state index >= 15 is 0 Å². The van der Waals surface area contributed by atoms with E-state index in [4.69, 9.17) is 5.73 Å². The van der Waals surface area contributed by atoms with Gasteiger partial charge in [-0.05, 0) is 52.4 Å². The fourth-order valence-electron chi connectivity index (χ4n) is 4.47. The van der Waals surface area contributed by atoms with Gasteiger partial charge in [0.05, 0.1) is 12.6 Å². The minimum atomic E-state index is -0.292. The fraction of sp³-hybridized carbons (Fsp3) is 0.889. The Bertz CT molecular complexity index is 470. The van der Waals surface area contributed by atoms with Crippen molar-refractivity contribution in [3.8, 4) is 0 Å². The molecule has 7 nitrogen and oxygen atoms in total. The zero-order valence-electron chi connectivity index (χ0n) is 15.5. The second-order valence-corrected chi connectivity index (χ2v) is 7.84. The van der Waals surface area contributed by atoms with E-state index in [1.54, 1.807) is 0 Å². The summed E-state index contributed by atoms with van der Waals surface area (Å²) >= 11 is 0. The average molecular weight is 351 g/mol. The van der Waals surface area contributed by atoms with Gasteiger partial charge < -0.3 is 15.5 Å². The molecule has 1 atom stereocenters. The smallest absolute Gasteiger partial charge is 0.236 e. The van der Waals surface area contributed by atoms with Gasteiger partial charge in [0.15, 0.2) is 0 Å². The molecule has 1 unspecified atom stereocenters. The molecule has 0 bridgehead atoms. The highest BCUT2D eigenvalue weighted by Gasteiger charge is 2.32. The zero-order chi connectivity index (χ0) is 17.8. The van der Waals surface area contributed by atoms with Crippen molar-refractivity contribution < 1.29 is 9.59 Å². The van der Waals surface area contributed by atoms with Crippen molar-refractivity contribution in [1.29, 1.82) is 0 Å². The van der Waals surface area contributed by atoms with E-state index < -0.39 is 0 Å². The van der Waals surface area contributed by atoms with E-state index in [0.717, 1.165) is 52.0 Å². The molecule has 3 rings (SSSR count). The van der Waals surface area contributed by atoms with Crippen LogP contribution in [0.2, 0.25) is 0 Å². The number of nitrogens with two attached hydrogens (primary N) is 1. The summed E-state index contributed by atoms with van der Waals surface area (Å²) in [6.07, 6.45) is 5.32. The van der Waals surface area contributed by atoms with Crippen LogP contribution in [0.4, 0.5) is 0 Å². The molecule has 3 heterocycles. The van der Waals surface area contributed by atoms with Crippen LogP contribution in [0.25, 0.3) is 0 Å². The summed E-state index contributed by atoms with van der Waals surface area (Å²) in [7, 11) is 2.19. The molecule has 2 amide bonds. The molecule has 0 radical (unpaired) electrons. The quantitative estimate of drug-likeness (QED) is 0.744. The highest BCUT2D eigenvalue weighted by atomic mass is 16.2. The summed E-state index contributed by atoms with van der Waals surface area (Å²) in [5, 5.41) is 0. The lowest BCUT2D eigenvalue weighted by atomic mass is 10.0. The third-order valence-corrected chi connectivity index (χ3v) is 6.15. The summed E-state index contributed by atoms with van der Waals surface area (Å²) in [5.41, 5.74) is 5.51. The van der Waals surface area contributed by atoms with Crippen molar-refractivity contribution in [2.45, 2.75) is 44.2 Å². The largest absolute Gasteiger partial charge is 0.368 e. The van der Waals surface area contributed by atoms with Gasteiger partial charge in [0, 0.05) is 32.2 Å². The highest BCUT2D eigenvalue weighted by Crippen LogP contribution is 2.19. The Morgan fingerprint density at radius 1 is 0.920 bits per heavy atom. The molecule has 0 saturated carbocycles. The van der Waals surface area contributed by atoms with E-state index in [-0.39, 0.29) is 17.9 Å². The lowest BCUT2D eigenvalue weighted by Gasteiger charge is -2.43. The van der Waals surface area contributed by atoms with Gasteiger partial charge in [-0.3, -0.25) is 19.4 Å². The lowest BCUT2D eigenvalue weighted by molar-refractivity contribution is -0.137. The molecule has 0 aromatic rings. The average Bonchev–Trinajstić information content (AvgIpc) is 2.63. The molecule has 142 valence electrons. The number of amides is 2. The molecule has 25 heavy (non-hydrogen) atoms. The monoisotopic (exact) mass is 351 g/mol. The molecule has 0 aromatic carbocycles. The van der Waals surface area contributed by atoms with Crippen LogP contribution in [0.15, 0.2) is 0 Å². The standard InChI is InChI=1S/C18H33N5O2/c1-20-8-5-15(6-9-20)21-10-12-22(13-11-21)17(24)14-23-7-3-2-4-16(23)18(19)25/h15-16H,2-14H2,1H3,(H2,19,25). The van der Waals surface area contributed by atoms with Crippen LogP contribution in [0.5, 0.6) is 0 Å². The number of piperazine rings is 1. The van der Waals surface area contributed by atoms with Gasteiger partial charge in [0.2, 0.25) is 11.8 Å². The third kappa shape index (κ3) is 4.71. The van der Waals surface area contributed by atoms with Gasteiger partial charge in [-0.15, -0.1) is 0 Å². The van der Waals surface area contributed by atoms with Crippen LogP contribution in [0, 0.1) is 0 Å². The van der Waals surface area contributed by atoms with Crippen LogP contribution < -0.4 is 5.73 Å². The summed E-state index contributed by atoms with van der Waals surface area (Å²) in [6, 6.07) is 0.410. The van der Waals surface area contributed by atoms with Crippen molar-refractivity contribution in [3.05, 3.63) is 0 Å². The minimum Gasteiger partial charge on any atom is -0.368 e. The first-order valence-corrected chi connectivity index (χ1v) is 9.78. The number of primary amides is 1. The first-order valence-electron chi connectivity index (χ1n) is 9.78. The van der Waals surface area contributed by atoms with E-state index in [1.807, 2.05) is 9.80 Å². The van der Waals surface area contributed by atoms with Gasteiger partial charge in [0.1, 0.15) is 0 Å².